The van der Waals surface area contributed by atoms with E-state index in [2.05, 4.69) is 0 Å². The number of hydrogen-bond acceptors (Lipinski definition) is 4. The zero-order valence-electron chi connectivity index (χ0n) is 11.1. The number of nitrogens with zero attached hydrogens (tertiary/aromatic N) is 2. The Balaban J connectivity index is 2.38. The lowest BCUT2D eigenvalue weighted by molar-refractivity contribution is 0.113. The van der Waals surface area contributed by atoms with E-state index in [0.717, 1.165) is 22.5 Å². The van der Waals surface area contributed by atoms with Gasteiger partial charge in [0.05, 0.1) is 12.1 Å². The smallest absolute Gasteiger partial charge is 0.249 e. The third kappa shape index (κ3) is 2.56. The van der Waals surface area contributed by atoms with Gasteiger partial charge in [-0.25, -0.2) is 17.2 Å². The van der Waals surface area contributed by atoms with Crippen LogP contribution in [-0.2, 0) is 10.0 Å². The molecular weight excluding hydrogens is 290 g/mol. The maximum Gasteiger partial charge on any atom is 0.249 e. The van der Waals surface area contributed by atoms with Crippen LogP contribution >= 0.6 is 0 Å². The summed E-state index contributed by atoms with van der Waals surface area (Å²) in [4.78, 5) is 0.712. The summed E-state index contributed by atoms with van der Waals surface area (Å²) in [6.45, 7) is -0.191. The largest absolute Gasteiger partial charge is 0.390 e. The molecule has 0 bridgehead atoms. The van der Waals surface area contributed by atoms with E-state index in [4.69, 9.17) is 0 Å². The van der Waals surface area contributed by atoms with Crippen LogP contribution in [0.4, 0.5) is 8.78 Å². The molecule has 0 spiro atoms. The summed E-state index contributed by atoms with van der Waals surface area (Å²) in [5.41, 5.74) is 0. The van der Waals surface area contributed by atoms with Crippen LogP contribution in [0.3, 0.4) is 0 Å². The Morgan fingerprint density at radius 1 is 1.25 bits per heavy atom. The molecule has 1 aromatic carbocycles. The van der Waals surface area contributed by atoms with E-state index in [0.29, 0.717) is 0 Å². The van der Waals surface area contributed by atoms with E-state index in [1.165, 1.54) is 0 Å². The molecule has 0 unspecified atom stereocenters. The van der Waals surface area contributed by atoms with Gasteiger partial charge >= 0.3 is 0 Å². The number of halogens is 2. The van der Waals surface area contributed by atoms with E-state index in [1.807, 2.05) is 0 Å². The molecule has 1 saturated heterocycles. The Labute approximate surface area is 116 Å². The van der Waals surface area contributed by atoms with Crippen LogP contribution in [0.25, 0.3) is 0 Å². The third-order valence-corrected chi connectivity index (χ3v) is 5.29. The molecule has 0 aliphatic carbocycles. The Bertz CT molecular complexity index is 586. The van der Waals surface area contributed by atoms with Crippen molar-refractivity contribution in [1.82, 2.24) is 9.21 Å². The topological polar surface area (TPSA) is 60.9 Å². The Kier molecular flexibility index (Phi) is 4.10. The third-order valence-electron chi connectivity index (χ3n) is 3.41. The van der Waals surface area contributed by atoms with Gasteiger partial charge in [-0.3, -0.25) is 0 Å². The first kappa shape index (κ1) is 15.3. The normalized spacial score (nSPS) is 24.5. The van der Waals surface area contributed by atoms with Crippen LogP contribution in [-0.4, -0.2) is 62.1 Å². The molecule has 1 aromatic rings. The van der Waals surface area contributed by atoms with Gasteiger partial charge in [0.15, 0.2) is 4.90 Å². The average Bonchev–Trinajstić information content (AvgIpc) is 2.71. The lowest BCUT2D eigenvalue weighted by Gasteiger charge is -2.21. The fourth-order valence-electron chi connectivity index (χ4n) is 2.30. The molecular formula is C12H16F2N2O3S. The molecule has 20 heavy (non-hydrogen) atoms. The van der Waals surface area contributed by atoms with Crippen molar-refractivity contribution in [1.29, 1.82) is 0 Å². The van der Waals surface area contributed by atoms with Crippen molar-refractivity contribution in [3.8, 4) is 0 Å². The first-order valence-corrected chi connectivity index (χ1v) is 7.48. The van der Waals surface area contributed by atoms with Crippen LogP contribution in [0.5, 0.6) is 0 Å². The van der Waals surface area contributed by atoms with Crippen molar-refractivity contribution in [3.05, 3.63) is 29.8 Å². The first-order valence-electron chi connectivity index (χ1n) is 6.04. The maximum absolute atomic E-state index is 13.6. The Hall–Kier alpha value is -1.09. The fourth-order valence-corrected chi connectivity index (χ4v) is 3.88. The Morgan fingerprint density at radius 3 is 2.25 bits per heavy atom. The molecule has 112 valence electrons. The highest BCUT2D eigenvalue weighted by molar-refractivity contribution is 7.89. The first-order chi connectivity index (χ1) is 9.25. The standard InChI is InChI=1S/C12H16F2N2O3S/c1-15(2)10-6-16(7-11(10)17)20(18,19)12-8(13)4-3-5-9(12)14/h3-5,10-11,17H,6-7H2,1-2H3/t10-,11-/m0/s1. The predicted molar refractivity (Wildman–Crippen MR) is 68.6 cm³/mol. The minimum atomic E-state index is -4.30. The second-order valence-corrected chi connectivity index (χ2v) is 6.85. The van der Waals surface area contributed by atoms with E-state index < -0.39 is 38.7 Å². The SMILES string of the molecule is CN(C)[C@H]1CN(S(=O)(=O)c2c(F)cccc2F)C[C@@H]1O. The summed E-state index contributed by atoms with van der Waals surface area (Å²) >= 11 is 0. The van der Waals surface area contributed by atoms with Crippen molar-refractivity contribution in [2.24, 2.45) is 0 Å². The zero-order valence-corrected chi connectivity index (χ0v) is 11.9. The average molecular weight is 306 g/mol. The zero-order chi connectivity index (χ0) is 15.1. The van der Waals surface area contributed by atoms with Gasteiger partial charge in [0.1, 0.15) is 11.6 Å². The molecule has 8 heteroatoms. The van der Waals surface area contributed by atoms with Gasteiger partial charge in [-0.05, 0) is 26.2 Å². The van der Waals surface area contributed by atoms with Crippen LogP contribution < -0.4 is 0 Å². The van der Waals surface area contributed by atoms with Gasteiger partial charge in [0.2, 0.25) is 10.0 Å². The van der Waals surface area contributed by atoms with E-state index in [-0.39, 0.29) is 13.1 Å². The number of aliphatic hydroxyl groups is 1. The summed E-state index contributed by atoms with van der Waals surface area (Å²) in [6.07, 6.45) is -0.894. The van der Waals surface area contributed by atoms with Crippen LogP contribution in [0.2, 0.25) is 0 Å². The van der Waals surface area contributed by atoms with Crippen molar-refractivity contribution >= 4 is 10.0 Å². The van der Waals surface area contributed by atoms with Crippen LogP contribution in [0.1, 0.15) is 0 Å². The van der Waals surface area contributed by atoms with Gasteiger partial charge in [0.25, 0.3) is 0 Å². The number of benzene rings is 1. The molecule has 1 aliphatic rings. The van der Waals surface area contributed by atoms with Gasteiger partial charge in [0, 0.05) is 13.1 Å². The highest BCUT2D eigenvalue weighted by Crippen LogP contribution is 2.26. The summed E-state index contributed by atoms with van der Waals surface area (Å²) in [5, 5.41) is 9.84. The molecule has 0 radical (unpaired) electrons. The van der Waals surface area contributed by atoms with E-state index in [9.17, 15) is 22.3 Å². The molecule has 1 N–H and O–H groups in total. The number of hydrogen-bond donors (Lipinski definition) is 1. The summed E-state index contributed by atoms with van der Waals surface area (Å²) < 4.78 is 52.8. The van der Waals surface area contributed by atoms with E-state index in [1.54, 1.807) is 19.0 Å². The molecule has 1 aliphatic heterocycles. The maximum atomic E-state index is 13.6. The molecule has 2 rings (SSSR count). The van der Waals surface area contributed by atoms with Crippen LogP contribution in [0, 0.1) is 11.6 Å². The highest BCUT2D eigenvalue weighted by atomic mass is 32.2. The number of rotatable bonds is 3. The molecule has 0 saturated carbocycles. The van der Waals surface area contributed by atoms with Gasteiger partial charge in [-0.2, -0.15) is 4.31 Å². The molecule has 0 aromatic heterocycles. The quantitative estimate of drug-likeness (QED) is 0.870. The summed E-state index contributed by atoms with van der Waals surface area (Å²) in [5.74, 6) is -2.26. The molecule has 2 atom stereocenters. The lowest BCUT2D eigenvalue weighted by atomic mass is 10.2. The van der Waals surface area contributed by atoms with Gasteiger partial charge in [-0.1, -0.05) is 6.07 Å². The molecule has 1 fully saturated rings. The van der Waals surface area contributed by atoms with Crippen LogP contribution in [0.15, 0.2) is 23.1 Å². The highest BCUT2D eigenvalue weighted by Gasteiger charge is 2.41. The minimum absolute atomic E-state index is 0.00965. The second kappa shape index (κ2) is 5.36. The predicted octanol–water partition coefficient (Wildman–Crippen LogP) is 0.260. The molecule has 0 amide bonds. The van der Waals surface area contributed by atoms with Crippen molar-refractivity contribution < 1.29 is 22.3 Å². The van der Waals surface area contributed by atoms with E-state index >= 15 is 0 Å². The lowest BCUT2D eigenvalue weighted by Crippen LogP contribution is -2.38. The fraction of sp³-hybridized carbons (Fsp3) is 0.500. The van der Waals surface area contributed by atoms with Crippen molar-refractivity contribution in [3.63, 3.8) is 0 Å². The molecule has 5 nitrogen and oxygen atoms in total. The number of β-amino-alcohol motifs (C(OH)–C–C–N with tert-alkyl or cyclic N) is 1. The second-order valence-electron chi connectivity index (χ2n) is 4.97. The minimum Gasteiger partial charge on any atom is -0.390 e. The monoisotopic (exact) mass is 306 g/mol. The summed E-state index contributed by atoms with van der Waals surface area (Å²) in [6, 6.07) is 2.49. The Morgan fingerprint density at radius 2 is 1.80 bits per heavy atom. The summed E-state index contributed by atoms with van der Waals surface area (Å²) in [7, 11) is -0.899. The molecule has 1 heterocycles. The number of sulfonamides is 1. The van der Waals surface area contributed by atoms with Crippen molar-refractivity contribution in [2.45, 2.75) is 17.0 Å². The number of aliphatic hydroxyl groups excluding tert-OH is 1. The van der Waals surface area contributed by atoms with Crippen molar-refractivity contribution in [2.75, 3.05) is 27.2 Å². The van der Waals surface area contributed by atoms with Gasteiger partial charge in [-0.15, -0.1) is 0 Å². The van der Waals surface area contributed by atoms with Gasteiger partial charge < -0.3 is 10.0 Å². The number of likely N-dealkylation sites (N-methyl/N-ethyl adjacent to an activating group) is 1.